The van der Waals surface area contributed by atoms with Gasteiger partial charge in [-0.2, -0.15) is 0 Å². The van der Waals surface area contributed by atoms with E-state index >= 15 is 0 Å². The molecule has 1 aromatic rings. The Morgan fingerprint density at radius 1 is 1.36 bits per heavy atom. The number of Topliss-reactive ketones (excluding diaryl/α,β-unsaturated/α-hetero) is 1. The number of nitrogens with one attached hydrogen (secondary N) is 1. The van der Waals surface area contributed by atoms with Crippen LogP contribution in [0.4, 0.5) is 0 Å². The van der Waals surface area contributed by atoms with Gasteiger partial charge in [0.2, 0.25) is 0 Å². The summed E-state index contributed by atoms with van der Waals surface area (Å²) in [6.45, 7) is 1.51. The lowest BCUT2D eigenvalue weighted by molar-refractivity contribution is 0.0954. The average Bonchev–Trinajstić information content (AvgIpc) is 2.81. The molecule has 74 valence electrons. The molecule has 3 nitrogen and oxygen atoms in total. The lowest BCUT2D eigenvalue weighted by Crippen LogP contribution is -2.24. The largest absolute Gasteiger partial charge is 0.349 e. The molecular formula is C10H11NO2S. The Kier molecular flexibility index (Phi) is 2.37. The highest BCUT2D eigenvalue weighted by molar-refractivity contribution is 7.15. The summed E-state index contributed by atoms with van der Waals surface area (Å²) in [6, 6.07) is 3.78. The Morgan fingerprint density at radius 3 is 2.50 bits per heavy atom. The molecule has 1 saturated carbocycles. The quantitative estimate of drug-likeness (QED) is 0.772. The fourth-order valence-electron chi connectivity index (χ4n) is 1.13. The maximum atomic E-state index is 11.5. The summed E-state index contributed by atoms with van der Waals surface area (Å²) < 4.78 is 0. The highest BCUT2D eigenvalue weighted by Crippen LogP contribution is 2.21. The Balaban J connectivity index is 2.07. The van der Waals surface area contributed by atoms with Crippen LogP contribution >= 0.6 is 11.3 Å². The van der Waals surface area contributed by atoms with Crippen LogP contribution in [0.15, 0.2) is 12.1 Å². The van der Waals surface area contributed by atoms with Gasteiger partial charge in [0, 0.05) is 6.04 Å². The molecule has 4 heteroatoms. The molecule has 1 heterocycles. The molecule has 0 aliphatic heterocycles. The van der Waals surface area contributed by atoms with Crippen LogP contribution in [0.2, 0.25) is 0 Å². The standard InChI is InChI=1S/C10H11NO2S/c1-6(12)8-4-5-9(14-8)10(13)11-7-2-3-7/h4-5,7H,2-3H2,1H3,(H,11,13). The Morgan fingerprint density at radius 2 is 2.00 bits per heavy atom. The molecule has 0 saturated heterocycles. The molecule has 14 heavy (non-hydrogen) atoms. The van der Waals surface area contributed by atoms with Gasteiger partial charge in [-0.25, -0.2) is 0 Å². The smallest absolute Gasteiger partial charge is 0.261 e. The first-order valence-electron chi connectivity index (χ1n) is 4.58. The van der Waals surface area contributed by atoms with Gasteiger partial charge in [0.25, 0.3) is 5.91 Å². The van der Waals surface area contributed by atoms with E-state index in [4.69, 9.17) is 0 Å². The minimum Gasteiger partial charge on any atom is -0.349 e. The highest BCUT2D eigenvalue weighted by atomic mass is 32.1. The minimum absolute atomic E-state index is 0.0143. The van der Waals surface area contributed by atoms with Crippen molar-refractivity contribution in [1.82, 2.24) is 5.32 Å². The van der Waals surface area contributed by atoms with Gasteiger partial charge in [-0.3, -0.25) is 9.59 Å². The third-order valence-electron chi connectivity index (χ3n) is 2.09. The van der Waals surface area contributed by atoms with E-state index in [-0.39, 0.29) is 11.7 Å². The van der Waals surface area contributed by atoms with E-state index in [9.17, 15) is 9.59 Å². The topological polar surface area (TPSA) is 46.2 Å². The first-order chi connectivity index (χ1) is 6.66. The number of hydrogen-bond donors (Lipinski definition) is 1. The second-order valence-corrected chi connectivity index (χ2v) is 4.55. The van der Waals surface area contributed by atoms with Crippen LogP contribution in [0.5, 0.6) is 0 Å². The second-order valence-electron chi connectivity index (χ2n) is 3.47. The van der Waals surface area contributed by atoms with Crippen molar-refractivity contribution >= 4 is 23.0 Å². The maximum absolute atomic E-state index is 11.5. The van der Waals surface area contributed by atoms with E-state index in [0.717, 1.165) is 12.8 Å². The average molecular weight is 209 g/mol. The molecule has 0 unspecified atom stereocenters. The number of rotatable bonds is 3. The SMILES string of the molecule is CC(=O)c1ccc(C(=O)NC2CC2)s1. The maximum Gasteiger partial charge on any atom is 0.261 e. The highest BCUT2D eigenvalue weighted by Gasteiger charge is 2.24. The number of ketones is 1. The van der Waals surface area contributed by atoms with Gasteiger partial charge in [-0.1, -0.05) is 0 Å². The zero-order chi connectivity index (χ0) is 10.1. The number of thiophene rings is 1. The van der Waals surface area contributed by atoms with E-state index in [1.54, 1.807) is 12.1 Å². The number of carbonyl (C=O) groups is 2. The van der Waals surface area contributed by atoms with Crippen molar-refractivity contribution in [3.63, 3.8) is 0 Å². The van der Waals surface area contributed by atoms with Gasteiger partial charge >= 0.3 is 0 Å². The van der Waals surface area contributed by atoms with Crippen molar-refractivity contribution < 1.29 is 9.59 Å². The summed E-state index contributed by atoms with van der Waals surface area (Å²) in [5, 5.41) is 2.88. The van der Waals surface area contributed by atoms with Crippen molar-refractivity contribution in [3.05, 3.63) is 21.9 Å². The molecule has 1 fully saturated rings. The lowest BCUT2D eigenvalue weighted by Gasteiger charge is -1.98. The molecular weight excluding hydrogens is 198 g/mol. The molecule has 0 aromatic carbocycles. The number of hydrogen-bond acceptors (Lipinski definition) is 3. The van der Waals surface area contributed by atoms with Crippen LogP contribution < -0.4 is 5.32 Å². The molecule has 0 atom stereocenters. The molecule has 1 amide bonds. The zero-order valence-corrected chi connectivity index (χ0v) is 8.69. The predicted octanol–water partition coefficient (Wildman–Crippen LogP) is 1.84. The number of amides is 1. The Labute approximate surface area is 86.1 Å². The van der Waals surface area contributed by atoms with E-state index in [2.05, 4.69) is 5.32 Å². The molecule has 0 bridgehead atoms. The van der Waals surface area contributed by atoms with E-state index in [0.29, 0.717) is 15.8 Å². The van der Waals surface area contributed by atoms with Crippen LogP contribution in [0.3, 0.4) is 0 Å². The molecule has 1 aromatic heterocycles. The van der Waals surface area contributed by atoms with E-state index in [1.165, 1.54) is 18.3 Å². The fourth-order valence-corrected chi connectivity index (χ4v) is 1.94. The third kappa shape index (κ3) is 2.01. The third-order valence-corrected chi connectivity index (χ3v) is 3.27. The summed E-state index contributed by atoms with van der Waals surface area (Å²) in [5.41, 5.74) is 0. The van der Waals surface area contributed by atoms with Crippen molar-refractivity contribution in [3.8, 4) is 0 Å². The normalized spacial score (nSPS) is 15.2. The molecule has 0 spiro atoms. The Bertz CT molecular complexity index is 379. The van der Waals surface area contributed by atoms with Crippen LogP contribution in [0.1, 0.15) is 39.1 Å². The summed E-state index contributed by atoms with van der Waals surface area (Å²) >= 11 is 1.26. The van der Waals surface area contributed by atoms with E-state index < -0.39 is 0 Å². The number of carbonyl (C=O) groups excluding carboxylic acids is 2. The summed E-state index contributed by atoms with van der Waals surface area (Å²) in [6.07, 6.45) is 2.16. The molecule has 1 N–H and O–H groups in total. The van der Waals surface area contributed by atoms with Crippen LogP contribution in [-0.2, 0) is 0 Å². The van der Waals surface area contributed by atoms with Crippen molar-refractivity contribution in [2.24, 2.45) is 0 Å². The van der Waals surface area contributed by atoms with Gasteiger partial charge in [-0.15, -0.1) is 11.3 Å². The van der Waals surface area contributed by atoms with Crippen LogP contribution in [0.25, 0.3) is 0 Å². The molecule has 0 radical (unpaired) electrons. The fraction of sp³-hybridized carbons (Fsp3) is 0.400. The van der Waals surface area contributed by atoms with Crippen LogP contribution in [-0.4, -0.2) is 17.7 Å². The summed E-state index contributed by atoms with van der Waals surface area (Å²) in [7, 11) is 0. The van der Waals surface area contributed by atoms with Crippen molar-refractivity contribution in [1.29, 1.82) is 0 Å². The van der Waals surface area contributed by atoms with Gasteiger partial charge in [-0.05, 0) is 31.9 Å². The minimum atomic E-state index is -0.0509. The second kappa shape index (κ2) is 3.53. The van der Waals surface area contributed by atoms with Crippen LogP contribution in [0, 0.1) is 0 Å². The van der Waals surface area contributed by atoms with Gasteiger partial charge in [0.15, 0.2) is 5.78 Å². The molecule has 1 aliphatic carbocycles. The van der Waals surface area contributed by atoms with E-state index in [1.807, 2.05) is 0 Å². The van der Waals surface area contributed by atoms with Gasteiger partial charge < -0.3 is 5.32 Å². The summed E-state index contributed by atoms with van der Waals surface area (Å²) in [4.78, 5) is 23.8. The molecule has 1 aliphatic rings. The van der Waals surface area contributed by atoms with Gasteiger partial charge in [0.1, 0.15) is 0 Å². The zero-order valence-electron chi connectivity index (χ0n) is 7.87. The predicted molar refractivity (Wildman–Crippen MR) is 54.8 cm³/mol. The first kappa shape index (κ1) is 9.40. The molecule has 2 rings (SSSR count). The van der Waals surface area contributed by atoms with Gasteiger partial charge in [0.05, 0.1) is 9.75 Å². The Hall–Kier alpha value is -1.16. The lowest BCUT2D eigenvalue weighted by atomic mass is 10.3. The summed E-state index contributed by atoms with van der Waals surface area (Å²) in [5.74, 6) is -0.0366. The first-order valence-corrected chi connectivity index (χ1v) is 5.40. The van der Waals surface area contributed by atoms with Crippen molar-refractivity contribution in [2.75, 3.05) is 0 Å². The monoisotopic (exact) mass is 209 g/mol. The van der Waals surface area contributed by atoms with Crippen molar-refractivity contribution in [2.45, 2.75) is 25.8 Å².